The highest BCUT2D eigenvalue weighted by Gasteiger charge is 2.27. The SMILES string of the molecule is Cc1ccc(-n2c3c/c(=N\C4CCN(C5CCCC5)CC4)c(Nc4cccnc4)cc-3nc3ccccc32)cc1. The Hall–Kier alpha value is -4.03. The molecular weight excluding hydrogens is 492 g/mol. The Morgan fingerprint density at radius 1 is 0.875 bits per heavy atom. The molecule has 0 atom stereocenters. The number of para-hydroxylation sites is 2. The molecule has 3 heterocycles. The van der Waals surface area contributed by atoms with Crippen molar-refractivity contribution in [3.63, 3.8) is 0 Å². The topological polar surface area (TPSA) is 58.3 Å². The summed E-state index contributed by atoms with van der Waals surface area (Å²) in [7, 11) is 0. The Morgan fingerprint density at radius 3 is 2.45 bits per heavy atom. The van der Waals surface area contributed by atoms with Crippen molar-refractivity contribution in [3.8, 4) is 17.1 Å². The third-order valence-corrected chi connectivity index (χ3v) is 8.59. The number of rotatable bonds is 5. The van der Waals surface area contributed by atoms with Gasteiger partial charge in [0.2, 0.25) is 0 Å². The highest BCUT2D eigenvalue weighted by molar-refractivity contribution is 5.84. The van der Waals surface area contributed by atoms with Gasteiger partial charge in [-0.3, -0.25) is 9.98 Å². The van der Waals surface area contributed by atoms with Crippen molar-refractivity contribution in [2.75, 3.05) is 18.4 Å². The summed E-state index contributed by atoms with van der Waals surface area (Å²) in [6, 6.07) is 26.6. The van der Waals surface area contributed by atoms with Gasteiger partial charge in [-0.25, -0.2) is 4.98 Å². The second-order valence-corrected chi connectivity index (χ2v) is 11.3. The van der Waals surface area contributed by atoms with E-state index in [1.54, 1.807) is 6.20 Å². The molecule has 2 aliphatic heterocycles. The summed E-state index contributed by atoms with van der Waals surface area (Å²) in [6.45, 7) is 4.42. The van der Waals surface area contributed by atoms with Crippen LogP contribution >= 0.6 is 0 Å². The molecule has 1 saturated heterocycles. The van der Waals surface area contributed by atoms with Crippen LogP contribution < -0.4 is 10.7 Å². The van der Waals surface area contributed by atoms with E-state index in [2.05, 4.69) is 87.4 Å². The summed E-state index contributed by atoms with van der Waals surface area (Å²) in [6.07, 6.45) is 11.4. The van der Waals surface area contributed by atoms with Gasteiger partial charge in [0.1, 0.15) is 0 Å². The van der Waals surface area contributed by atoms with Crippen LogP contribution in [0.25, 0.3) is 28.1 Å². The van der Waals surface area contributed by atoms with Crippen molar-refractivity contribution in [2.24, 2.45) is 4.99 Å². The summed E-state index contributed by atoms with van der Waals surface area (Å²) in [5.74, 6) is 0. The molecule has 0 unspecified atom stereocenters. The van der Waals surface area contributed by atoms with Crippen molar-refractivity contribution in [3.05, 3.63) is 96.1 Å². The van der Waals surface area contributed by atoms with Crippen LogP contribution in [0.3, 0.4) is 0 Å². The van der Waals surface area contributed by atoms with Crippen molar-refractivity contribution in [1.29, 1.82) is 0 Å². The largest absolute Gasteiger partial charge is 0.352 e. The van der Waals surface area contributed by atoms with E-state index in [0.29, 0.717) is 6.04 Å². The Morgan fingerprint density at radius 2 is 1.68 bits per heavy atom. The molecule has 2 fully saturated rings. The summed E-state index contributed by atoms with van der Waals surface area (Å²) in [5.41, 5.74) is 8.32. The number of nitrogens with one attached hydrogen (secondary N) is 1. The molecule has 1 aromatic heterocycles. The normalized spacial score (nSPS) is 17.7. The number of fused-ring (bicyclic) bond motifs is 2. The Bertz CT molecular complexity index is 1640. The first-order chi connectivity index (χ1) is 19.7. The van der Waals surface area contributed by atoms with Crippen LogP contribution in [0.1, 0.15) is 44.1 Å². The molecule has 2 aromatic carbocycles. The van der Waals surface area contributed by atoms with E-state index in [1.807, 2.05) is 18.3 Å². The van der Waals surface area contributed by atoms with E-state index in [9.17, 15) is 0 Å². The van der Waals surface area contributed by atoms with Gasteiger partial charge < -0.3 is 14.8 Å². The molecule has 2 aliphatic carbocycles. The van der Waals surface area contributed by atoms with Gasteiger partial charge in [0.25, 0.3) is 0 Å². The number of aryl methyl sites for hydroxylation is 1. The van der Waals surface area contributed by atoms with E-state index in [0.717, 1.165) is 76.8 Å². The highest BCUT2D eigenvalue weighted by Crippen LogP contribution is 2.31. The quantitative estimate of drug-likeness (QED) is 0.253. The lowest BCUT2D eigenvalue weighted by atomic mass is 10.0. The number of hydrogen-bond acceptors (Lipinski definition) is 5. The van der Waals surface area contributed by atoms with Crippen LogP contribution in [0.2, 0.25) is 0 Å². The predicted molar refractivity (Wildman–Crippen MR) is 162 cm³/mol. The van der Waals surface area contributed by atoms with Crippen LogP contribution in [-0.2, 0) is 0 Å². The lowest BCUT2D eigenvalue weighted by molar-refractivity contribution is 0.154. The Kier molecular flexibility index (Phi) is 6.78. The molecule has 4 aliphatic rings. The van der Waals surface area contributed by atoms with Crippen LogP contribution in [0.4, 0.5) is 11.4 Å². The fourth-order valence-corrected chi connectivity index (χ4v) is 6.46. The number of anilines is 2. The smallest absolute Gasteiger partial charge is 0.0900 e. The summed E-state index contributed by atoms with van der Waals surface area (Å²) in [5, 5.41) is 4.59. The molecule has 7 rings (SSSR count). The summed E-state index contributed by atoms with van der Waals surface area (Å²) in [4.78, 5) is 17.5. The highest BCUT2D eigenvalue weighted by atomic mass is 15.2. The molecule has 0 bridgehead atoms. The zero-order valence-corrected chi connectivity index (χ0v) is 23.1. The number of nitrogens with zero attached hydrogens (tertiary/aromatic N) is 5. The van der Waals surface area contributed by atoms with Crippen molar-refractivity contribution >= 4 is 22.4 Å². The van der Waals surface area contributed by atoms with Crippen LogP contribution in [-0.4, -0.2) is 44.6 Å². The lowest BCUT2D eigenvalue weighted by Gasteiger charge is -2.34. The van der Waals surface area contributed by atoms with E-state index < -0.39 is 0 Å². The number of likely N-dealkylation sites (tertiary alicyclic amines) is 1. The van der Waals surface area contributed by atoms with E-state index in [-0.39, 0.29) is 0 Å². The number of hydrogen-bond donors (Lipinski definition) is 1. The first-order valence-electron chi connectivity index (χ1n) is 14.7. The molecule has 0 spiro atoms. The first kappa shape index (κ1) is 25.0. The van der Waals surface area contributed by atoms with E-state index >= 15 is 0 Å². The molecule has 0 radical (unpaired) electrons. The van der Waals surface area contributed by atoms with Crippen LogP contribution in [0.15, 0.2) is 90.2 Å². The van der Waals surface area contributed by atoms with Gasteiger partial charge in [0, 0.05) is 31.0 Å². The van der Waals surface area contributed by atoms with Crippen LogP contribution in [0, 0.1) is 6.92 Å². The van der Waals surface area contributed by atoms with Crippen molar-refractivity contribution in [2.45, 2.75) is 57.5 Å². The molecule has 6 nitrogen and oxygen atoms in total. The Balaban J connectivity index is 1.36. The zero-order valence-electron chi connectivity index (χ0n) is 23.1. The molecule has 6 heteroatoms. The average molecular weight is 529 g/mol. The van der Waals surface area contributed by atoms with Gasteiger partial charge in [-0.2, -0.15) is 0 Å². The molecule has 3 aromatic rings. The van der Waals surface area contributed by atoms with Gasteiger partial charge >= 0.3 is 0 Å². The number of aromatic nitrogens is 3. The molecular formula is C34H36N6. The third-order valence-electron chi connectivity index (χ3n) is 8.59. The van der Waals surface area contributed by atoms with E-state index in [1.165, 1.54) is 31.2 Å². The monoisotopic (exact) mass is 528 g/mol. The number of pyridine rings is 1. The molecule has 40 heavy (non-hydrogen) atoms. The van der Waals surface area contributed by atoms with Gasteiger partial charge in [0.15, 0.2) is 0 Å². The lowest BCUT2D eigenvalue weighted by Crippen LogP contribution is -2.41. The van der Waals surface area contributed by atoms with Gasteiger partial charge in [0.05, 0.1) is 51.4 Å². The maximum atomic E-state index is 5.40. The molecule has 202 valence electrons. The summed E-state index contributed by atoms with van der Waals surface area (Å²) >= 11 is 0. The molecule has 1 saturated carbocycles. The fourth-order valence-electron chi connectivity index (χ4n) is 6.46. The van der Waals surface area contributed by atoms with Crippen molar-refractivity contribution < 1.29 is 0 Å². The minimum absolute atomic E-state index is 0.311. The minimum Gasteiger partial charge on any atom is -0.352 e. The van der Waals surface area contributed by atoms with Gasteiger partial charge in [-0.05, 0) is 81.1 Å². The first-order valence-corrected chi connectivity index (χ1v) is 14.7. The second kappa shape index (κ2) is 10.9. The predicted octanol–water partition coefficient (Wildman–Crippen LogP) is 6.89. The van der Waals surface area contributed by atoms with Crippen LogP contribution in [0.5, 0.6) is 0 Å². The average Bonchev–Trinajstić information content (AvgIpc) is 3.53. The van der Waals surface area contributed by atoms with E-state index in [4.69, 9.17) is 9.98 Å². The fraction of sp³-hybridized carbons (Fsp3) is 0.324. The minimum atomic E-state index is 0.311. The maximum absolute atomic E-state index is 5.40. The molecule has 0 amide bonds. The zero-order chi connectivity index (χ0) is 26.9. The summed E-state index contributed by atoms with van der Waals surface area (Å²) < 4.78 is 2.33. The van der Waals surface area contributed by atoms with Gasteiger partial charge in [-0.15, -0.1) is 0 Å². The number of benzene rings is 3. The number of piperidine rings is 1. The maximum Gasteiger partial charge on any atom is 0.0900 e. The second-order valence-electron chi connectivity index (χ2n) is 11.3. The molecule has 1 N–H and O–H groups in total. The Labute approximate surface area is 235 Å². The standard InChI is InChI=1S/C34H36N6/c1-24-12-14-28(15-13-24)40-33-11-5-4-10-29(33)38-32-21-30(37-26-7-6-18-35-23-26)31(22-34(32)40)36-25-16-19-39(20-17-25)27-8-2-3-9-27/h4-7,10-15,18,21-23,25,27,37H,2-3,8-9,16-17,19-20H2,1H3/b36-31+. The third kappa shape index (κ3) is 5.00. The van der Waals surface area contributed by atoms with Crippen molar-refractivity contribution in [1.82, 2.24) is 19.4 Å². The van der Waals surface area contributed by atoms with Gasteiger partial charge in [-0.1, -0.05) is 42.7 Å².